The number of carbonyl (C=O) groups is 3. The number of hydrogen-bond acceptors (Lipinski definition) is 3. The highest BCUT2D eigenvalue weighted by Gasteiger charge is 2.30. The van der Waals surface area contributed by atoms with Crippen LogP contribution >= 0.6 is 0 Å². The molecule has 0 aliphatic carbocycles. The van der Waals surface area contributed by atoms with Gasteiger partial charge in [0.1, 0.15) is 0 Å². The molecular weight excluding hydrogens is 176 g/mol. The normalized spacial score (nSPS) is 22.2. The Labute approximate surface area is 73.9 Å². The zero-order chi connectivity index (χ0) is 10.0. The molecule has 70 valence electrons. The van der Waals surface area contributed by atoms with E-state index in [1.165, 1.54) is 7.05 Å². The molecule has 0 spiro atoms. The molecule has 0 aromatic rings. The van der Waals surface area contributed by atoms with Gasteiger partial charge in [0.15, 0.2) is 0 Å². The van der Waals surface area contributed by atoms with Crippen molar-refractivity contribution in [3.63, 3.8) is 0 Å². The third kappa shape index (κ3) is 1.90. The fraction of sp³-hybridized carbons (Fsp3) is 0.429. The molecule has 1 N–H and O–H groups in total. The molecular formula is C7H8N2O4. The monoisotopic (exact) mass is 184 g/mol. The standard InChI is InChI=1S/C7H8N2O4/c1-9-6(12)4(2-5(10)11)3-8-7(9)13/h3-4H,2H2,1H3,(H,10,11). The average Bonchev–Trinajstić information content (AvgIpc) is 2.06. The average molecular weight is 184 g/mol. The largest absolute Gasteiger partial charge is 0.481 e. The number of aliphatic imine (C=N–C) groups is 1. The number of carboxylic acids is 1. The third-order valence-corrected chi connectivity index (χ3v) is 1.69. The van der Waals surface area contributed by atoms with Crippen LogP contribution in [0.15, 0.2) is 4.99 Å². The lowest BCUT2D eigenvalue weighted by Gasteiger charge is -2.20. The molecule has 1 atom stereocenters. The number of carboxylic acid groups (broad SMARTS) is 1. The topological polar surface area (TPSA) is 87.0 Å². The van der Waals surface area contributed by atoms with Crippen molar-refractivity contribution in [2.24, 2.45) is 10.9 Å². The fourth-order valence-corrected chi connectivity index (χ4v) is 0.975. The second-order valence-corrected chi connectivity index (χ2v) is 2.66. The van der Waals surface area contributed by atoms with E-state index < -0.39 is 23.8 Å². The van der Waals surface area contributed by atoms with Crippen molar-refractivity contribution in [3.8, 4) is 0 Å². The molecule has 1 heterocycles. The van der Waals surface area contributed by atoms with Gasteiger partial charge in [-0.15, -0.1) is 0 Å². The highest BCUT2D eigenvalue weighted by atomic mass is 16.4. The summed E-state index contributed by atoms with van der Waals surface area (Å²) in [5, 5.41) is 8.42. The quantitative estimate of drug-likeness (QED) is 0.640. The molecule has 13 heavy (non-hydrogen) atoms. The molecule has 6 nitrogen and oxygen atoms in total. The van der Waals surface area contributed by atoms with Gasteiger partial charge in [-0.05, 0) is 0 Å². The van der Waals surface area contributed by atoms with Crippen molar-refractivity contribution >= 4 is 24.1 Å². The van der Waals surface area contributed by atoms with E-state index >= 15 is 0 Å². The zero-order valence-electron chi connectivity index (χ0n) is 6.93. The smallest absolute Gasteiger partial charge is 0.349 e. The summed E-state index contributed by atoms with van der Waals surface area (Å²) in [6.45, 7) is 0. The van der Waals surface area contributed by atoms with Crippen LogP contribution in [0.2, 0.25) is 0 Å². The van der Waals surface area contributed by atoms with Crippen molar-refractivity contribution in [1.29, 1.82) is 0 Å². The Kier molecular flexibility index (Phi) is 2.41. The van der Waals surface area contributed by atoms with Crippen molar-refractivity contribution in [3.05, 3.63) is 0 Å². The molecule has 0 fully saturated rings. The highest BCUT2D eigenvalue weighted by molar-refractivity contribution is 6.10. The van der Waals surface area contributed by atoms with E-state index in [1.807, 2.05) is 0 Å². The minimum absolute atomic E-state index is 0.333. The molecule has 1 rings (SSSR count). The molecule has 0 bridgehead atoms. The summed E-state index contributed by atoms with van der Waals surface area (Å²) in [7, 11) is 1.27. The van der Waals surface area contributed by atoms with Gasteiger partial charge in [-0.2, -0.15) is 0 Å². The Bertz CT molecular complexity index is 297. The summed E-state index contributed by atoms with van der Waals surface area (Å²) < 4.78 is 0. The zero-order valence-corrected chi connectivity index (χ0v) is 6.93. The van der Waals surface area contributed by atoms with E-state index in [4.69, 9.17) is 5.11 Å². The molecule has 0 saturated heterocycles. The van der Waals surface area contributed by atoms with E-state index in [1.54, 1.807) is 0 Å². The summed E-state index contributed by atoms with van der Waals surface area (Å²) in [6, 6.07) is -0.661. The minimum atomic E-state index is -1.09. The number of aliphatic carboxylic acids is 1. The first kappa shape index (κ1) is 9.37. The van der Waals surface area contributed by atoms with Crippen LogP contribution in [0.25, 0.3) is 0 Å². The summed E-state index contributed by atoms with van der Waals surface area (Å²) in [4.78, 5) is 36.5. The van der Waals surface area contributed by atoms with E-state index in [9.17, 15) is 14.4 Å². The van der Waals surface area contributed by atoms with Gasteiger partial charge in [-0.1, -0.05) is 0 Å². The second-order valence-electron chi connectivity index (χ2n) is 2.66. The summed E-state index contributed by atoms with van der Waals surface area (Å²) >= 11 is 0. The summed E-state index contributed by atoms with van der Waals surface area (Å²) in [6.07, 6.45) is 0.749. The Morgan fingerprint density at radius 3 is 2.85 bits per heavy atom. The third-order valence-electron chi connectivity index (χ3n) is 1.69. The van der Waals surface area contributed by atoms with Crippen molar-refractivity contribution < 1.29 is 19.5 Å². The number of carbonyl (C=O) groups excluding carboxylic acids is 2. The van der Waals surface area contributed by atoms with Crippen LogP contribution in [0, 0.1) is 5.92 Å². The van der Waals surface area contributed by atoms with Crippen LogP contribution in [0.4, 0.5) is 4.79 Å². The number of urea groups is 1. The van der Waals surface area contributed by atoms with Crippen LogP contribution < -0.4 is 0 Å². The predicted octanol–water partition coefficient (Wildman–Crippen LogP) is -0.260. The van der Waals surface area contributed by atoms with Crippen molar-refractivity contribution in [2.45, 2.75) is 6.42 Å². The Balaban J connectivity index is 2.78. The lowest BCUT2D eigenvalue weighted by atomic mass is 10.0. The number of amides is 3. The summed E-state index contributed by atoms with van der Waals surface area (Å²) in [5.41, 5.74) is 0. The predicted molar refractivity (Wildman–Crippen MR) is 42.4 cm³/mol. The molecule has 0 aromatic heterocycles. The number of nitrogens with zero attached hydrogens (tertiary/aromatic N) is 2. The number of hydrogen-bond donors (Lipinski definition) is 1. The first-order chi connectivity index (χ1) is 6.02. The van der Waals surface area contributed by atoms with Gasteiger partial charge in [-0.3, -0.25) is 14.5 Å². The van der Waals surface area contributed by atoms with Gasteiger partial charge in [0.05, 0.1) is 12.3 Å². The molecule has 0 radical (unpaired) electrons. The van der Waals surface area contributed by atoms with E-state index in [0.717, 1.165) is 11.1 Å². The molecule has 1 unspecified atom stereocenters. The number of imide groups is 1. The SMILES string of the molecule is CN1C(=O)N=CC(CC(=O)O)C1=O. The molecule has 0 aromatic carbocycles. The summed E-state index contributed by atoms with van der Waals surface area (Å²) in [5.74, 6) is -2.44. The van der Waals surface area contributed by atoms with Crippen LogP contribution in [-0.4, -0.2) is 41.2 Å². The maximum atomic E-state index is 11.2. The fourth-order valence-electron chi connectivity index (χ4n) is 0.975. The van der Waals surface area contributed by atoms with E-state index in [-0.39, 0.29) is 6.42 Å². The Morgan fingerprint density at radius 1 is 1.69 bits per heavy atom. The van der Waals surface area contributed by atoms with Gasteiger partial charge < -0.3 is 5.11 Å². The lowest BCUT2D eigenvalue weighted by molar-refractivity contribution is -0.141. The maximum absolute atomic E-state index is 11.2. The van der Waals surface area contributed by atoms with Gasteiger partial charge in [0.2, 0.25) is 5.91 Å². The van der Waals surface area contributed by atoms with Crippen molar-refractivity contribution in [2.75, 3.05) is 7.05 Å². The van der Waals surface area contributed by atoms with Crippen molar-refractivity contribution in [1.82, 2.24) is 4.90 Å². The maximum Gasteiger partial charge on any atom is 0.349 e. The molecule has 6 heteroatoms. The van der Waals surface area contributed by atoms with Crippen LogP contribution in [-0.2, 0) is 9.59 Å². The first-order valence-electron chi connectivity index (χ1n) is 3.60. The minimum Gasteiger partial charge on any atom is -0.481 e. The molecule has 0 saturated carbocycles. The highest BCUT2D eigenvalue weighted by Crippen LogP contribution is 2.10. The van der Waals surface area contributed by atoms with Gasteiger partial charge in [0, 0.05) is 13.3 Å². The van der Waals surface area contributed by atoms with Gasteiger partial charge >= 0.3 is 12.0 Å². The van der Waals surface area contributed by atoms with E-state index in [0.29, 0.717) is 0 Å². The second kappa shape index (κ2) is 3.34. The van der Waals surface area contributed by atoms with Crippen LogP contribution in [0.3, 0.4) is 0 Å². The van der Waals surface area contributed by atoms with E-state index in [2.05, 4.69) is 4.99 Å². The Morgan fingerprint density at radius 2 is 2.31 bits per heavy atom. The lowest BCUT2D eigenvalue weighted by Crippen LogP contribution is -2.41. The van der Waals surface area contributed by atoms with Crippen LogP contribution in [0.5, 0.6) is 0 Å². The van der Waals surface area contributed by atoms with Gasteiger partial charge in [0.25, 0.3) is 0 Å². The van der Waals surface area contributed by atoms with Crippen LogP contribution in [0.1, 0.15) is 6.42 Å². The number of rotatable bonds is 2. The molecule has 3 amide bonds. The Hall–Kier alpha value is -1.72. The first-order valence-corrected chi connectivity index (χ1v) is 3.60. The molecule has 1 aliphatic rings. The van der Waals surface area contributed by atoms with Gasteiger partial charge in [-0.25, -0.2) is 9.79 Å². The molecule has 1 aliphatic heterocycles.